The number of hydrogen-bond donors (Lipinski definition) is 0. The number of aromatic nitrogens is 1. The van der Waals surface area contributed by atoms with Gasteiger partial charge in [-0.1, -0.05) is 147 Å². The predicted octanol–water partition coefficient (Wildman–Crippen LogP) is 14.9. The van der Waals surface area contributed by atoms with E-state index in [0.717, 1.165) is 33.3 Å². The molecule has 0 spiro atoms. The molecule has 0 radical (unpaired) electrons. The van der Waals surface area contributed by atoms with Crippen molar-refractivity contribution in [1.29, 1.82) is 0 Å². The smallest absolute Gasteiger partial charge is 0.333 e. The Kier molecular flexibility index (Phi) is 6.95. The maximum absolute atomic E-state index is 7.19. The second-order valence-electron chi connectivity index (χ2n) is 17.6. The molecule has 3 aliphatic heterocycles. The third-order valence-corrected chi connectivity index (χ3v) is 16.9. The van der Waals surface area contributed by atoms with E-state index in [9.17, 15) is 0 Å². The van der Waals surface area contributed by atoms with E-state index < -0.39 is 0 Å². The summed E-state index contributed by atoms with van der Waals surface area (Å²) in [5.41, 5.74) is 15.4. The molecule has 61 heavy (non-hydrogen) atoms. The number of hydrogen-bond acceptors (Lipinski definition) is 5. The van der Waals surface area contributed by atoms with E-state index in [2.05, 4.69) is 188 Å². The monoisotopic (exact) mass is 834 g/mol. The molecule has 288 valence electrons. The highest BCUT2D eigenvalue weighted by atomic mass is 32.2. The summed E-state index contributed by atoms with van der Waals surface area (Å²) in [4.78, 5) is 9.10. The van der Waals surface area contributed by atoms with Crippen LogP contribution < -0.4 is 15.8 Å². The lowest BCUT2D eigenvalue weighted by Gasteiger charge is -2.41. The standard InChI is InChI=1S/C54H35BN2OS3/c1-54(2,3)31-24-25-40(36(26-31)30-14-5-4-6-15-30)56-41-29-47-46(59-44-22-11-12-23-45(44)60-47)28-39(41)55-49-37(27-38-32-16-7-9-20-42(32)58-52(38)51(49)56)33-18-13-19-35-48-34-17-8-10-21-43(34)61-53(48)57(55)50(33)35/h4-29H,1-3H3. The third kappa shape index (κ3) is 4.69. The Bertz CT molecular complexity index is 3720. The summed E-state index contributed by atoms with van der Waals surface area (Å²) in [5.74, 6) is 0. The average molecular weight is 835 g/mol. The fourth-order valence-corrected chi connectivity index (χ4v) is 14.0. The summed E-state index contributed by atoms with van der Waals surface area (Å²) < 4.78 is 11.2. The number of furan rings is 1. The van der Waals surface area contributed by atoms with Gasteiger partial charge in [0.15, 0.2) is 5.58 Å². The topological polar surface area (TPSA) is 21.3 Å². The Morgan fingerprint density at radius 1 is 0.557 bits per heavy atom. The van der Waals surface area contributed by atoms with Crippen LogP contribution in [0.3, 0.4) is 0 Å². The van der Waals surface area contributed by atoms with E-state index in [0.29, 0.717) is 0 Å². The van der Waals surface area contributed by atoms with Gasteiger partial charge in [-0.3, -0.25) is 0 Å². The number of anilines is 3. The second-order valence-corrected chi connectivity index (χ2v) is 20.8. The minimum absolute atomic E-state index is 0.0374. The van der Waals surface area contributed by atoms with Crippen molar-refractivity contribution in [2.45, 2.75) is 45.8 Å². The van der Waals surface area contributed by atoms with Gasteiger partial charge in [0.2, 0.25) is 0 Å². The highest BCUT2D eigenvalue weighted by Crippen LogP contribution is 2.55. The van der Waals surface area contributed by atoms with E-state index in [1.54, 1.807) is 0 Å². The van der Waals surface area contributed by atoms with Gasteiger partial charge >= 0.3 is 6.85 Å². The SMILES string of the molecule is CC(C)(C)c1ccc(N2c3cc4c(cc3B3c5c(cc6c(oc7ccccc76)c52)-c2cccc5c6c7ccccc7sc6n3c25)Sc2ccccc2S4)c(-c2ccccc2)c1. The van der Waals surface area contributed by atoms with Gasteiger partial charge in [0.05, 0.1) is 16.2 Å². The van der Waals surface area contributed by atoms with Crippen LogP contribution in [0.1, 0.15) is 26.3 Å². The molecule has 3 aromatic heterocycles. The van der Waals surface area contributed by atoms with Gasteiger partial charge in [-0.15, -0.1) is 11.3 Å². The van der Waals surface area contributed by atoms with E-state index in [1.165, 1.54) is 95.2 Å². The maximum Gasteiger partial charge on any atom is 0.333 e. The van der Waals surface area contributed by atoms with Crippen LogP contribution >= 0.6 is 34.9 Å². The first-order valence-electron chi connectivity index (χ1n) is 20.9. The largest absolute Gasteiger partial charge is 0.454 e. The summed E-state index contributed by atoms with van der Waals surface area (Å²) in [5, 5.41) is 6.28. The zero-order valence-corrected chi connectivity index (χ0v) is 36.1. The normalized spacial score (nSPS) is 14.0. The molecule has 0 N–H and O–H groups in total. The molecule has 3 nitrogen and oxygen atoms in total. The highest BCUT2D eigenvalue weighted by Gasteiger charge is 2.46. The molecule has 0 saturated carbocycles. The first-order valence-corrected chi connectivity index (χ1v) is 23.4. The van der Waals surface area contributed by atoms with Crippen molar-refractivity contribution in [3.05, 3.63) is 163 Å². The van der Waals surface area contributed by atoms with Crippen LogP contribution in [0.25, 0.3) is 75.4 Å². The van der Waals surface area contributed by atoms with E-state index >= 15 is 0 Å². The Hall–Kier alpha value is -6.12. The molecule has 0 aliphatic carbocycles. The first kappa shape index (κ1) is 34.6. The van der Waals surface area contributed by atoms with Crippen molar-refractivity contribution < 1.29 is 4.42 Å². The molecule has 0 fully saturated rings. The molecule has 11 aromatic rings. The lowest BCUT2D eigenvalue weighted by Crippen LogP contribution is -2.56. The third-order valence-electron chi connectivity index (χ3n) is 13.2. The molecule has 14 rings (SSSR count). The summed E-state index contributed by atoms with van der Waals surface area (Å²) >= 11 is 5.71. The minimum Gasteiger partial charge on any atom is -0.454 e. The molecule has 7 heteroatoms. The second kappa shape index (κ2) is 12.3. The predicted molar refractivity (Wildman–Crippen MR) is 261 cm³/mol. The quantitative estimate of drug-likeness (QED) is 0.162. The Labute approximate surface area is 365 Å². The van der Waals surface area contributed by atoms with E-state index in [1.807, 2.05) is 34.9 Å². The van der Waals surface area contributed by atoms with Gasteiger partial charge in [0.1, 0.15) is 5.58 Å². The summed E-state index contributed by atoms with van der Waals surface area (Å²) in [6.45, 7) is 6.84. The fraction of sp³-hybridized carbons (Fsp3) is 0.0741. The van der Waals surface area contributed by atoms with E-state index in [4.69, 9.17) is 4.42 Å². The van der Waals surface area contributed by atoms with Crippen molar-refractivity contribution in [3.63, 3.8) is 0 Å². The molecular weight excluding hydrogens is 800 g/mol. The van der Waals surface area contributed by atoms with Gasteiger partial charge in [-0.05, 0) is 87.6 Å². The number of rotatable bonds is 2. The minimum atomic E-state index is -0.0982. The highest BCUT2D eigenvalue weighted by molar-refractivity contribution is 8.05. The number of fused-ring (bicyclic) bond motifs is 15. The molecular formula is C54H35BN2OS3. The fourth-order valence-electron chi connectivity index (χ4n) is 10.4. The lowest BCUT2D eigenvalue weighted by molar-refractivity contribution is 0.590. The molecule has 3 aliphatic rings. The van der Waals surface area contributed by atoms with Crippen molar-refractivity contribution in [2.24, 2.45) is 0 Å². The Balaban J connectivity index is 1.18. The van der Waals surface area contributed by atoms with Crippen molar-refractivity contribution in [3.8, 4) is 22.3 Å². The molecule has 8 aromatic carbocycles. The van der Waals surface area contributed by atoms with Crippen LogP contribution in [-0.2, 0) is 5.41 Å². The molecule has 0 atom stereocenters. The Morgan fingerprint density at radius 2 is 1.28 bits per heavy atom. The van der Waals surface area contributed by atoms with Gasteiger partial charge in [-0.25, -0.2) is 0 Å². The van der Waals surface area contributed by atoms with Crippen LogP contribution in [0, 0.1) is 0 Å². The molecule has 0 bridgehead atoms. The van der Waals surface area contributed by atoms with Gasteiger partial charge in [0.25, 0.3) is 0 Å². The van der Waals surface area contributed by atoms with Crippen LogP contribution in [0.15, 0.2) is 182 Å². The van der Waals surface area contributed by atoms with Crippen molar-refractivity contribution >= 4 is 123 Å². The first-order chi connectivity index (χ1) is 29.9. The van der Waals surface area contributed by atoms with Crippen molar-refractivity contribution in [1.82, 2.24) is 4.48 Å². The van der Waals surface area contributed by atoms with Crippen molar-refractivity contribution in [2.75, 3.05) is 4.90 Å². The van der Waals surface area contributed by atoms with E-state index in [-0.39, 0.29) is 12.3 Å². The summed E-state index contributed by atoms with van der Waals surface area (Å²) in [6, 6.07) is 59.0. The van der Waals surface area contributed by atoms with Gasteiger partial charge in [0, 0.05) is 73.5 Å². The average Bonchev–Trinajstić information content (AvgIpc) is 3.96. The van der Waals surface area contributed by atoms with Crippen LogP contribution in [-0.4, -0.2) is 11.3 Å². The summed E-state index contributed by atoms with van der Waals surface area (Å²) in [7, 11) is 0. The van der Waals surface area contributed by atoms with Crippen LogP contribution in [0.2, 0.25) is 0 Å². The maximum atomic E-state index is 7.19. The van der Waals surface area contributed by atoms with Gasteiger partial charge < -0.3 is 13.8 Å². The lowest BCUT2D eigenvalue weighted by atomic mass is 9.45. The number of para-hydroxylation sites is 2. The van der Waals surface area contributed by atoms with Crippen LogP contribution in [0.4, 0.5) is 17.1 Å². The zero-order valence-electron chi connectivity index (χ0n) is 33.6. The van der Waals surface area contributed by atoms with Gasteiger partial charge in [-0.2, -0.15) is 0 Å². The molecule has 0 unspecified atom stereocenters. The zero-order chi connectivity index (χ0) is 40.3. The van der Waals surface area contributed by atoms with Crippen LogP contribution in [0.5, 0.6) is 0 Å². The molecule has 0 saturated heterocycles. The number of benzene rings is 8. The summed E-state index contributed by atoms with van der Waals surface area (Å²) in [6.07, 6.45) is 0. The number of thiophene rings is 1. The molecule has 0 amide bonds. The Morgan fingerprint density at radius 3 is 2.10 bits per heavy atom. The number of nitrogens with zero attached hydrogens (tertiary/aromatic N) is 2. The molecule has 6 heterocycles.